The Kier molecular flexibility index (Phi) is 4.50. The minimum atomic E-state index is -4.38. The zero-order valence-electron chi connectivity index (χ0n) is 8.81. The molecule has 1 heterocycles. The number of pyridine rings is 1. The summed E-state index contributed by atoms with van der Waals surface area (Å²) in [4.78, 5) is 3.85. The second kappa shape index (κ2) is 5.27. The molecule has 0 N–H and O–H groups in total. The van der Waals surface area contributed by atoms with Crippen LogP contribution >= 0.6 is 23.4 Å². The third-order valence-electron chi connectivity index (χ3n) is 1.66. The second-order valence-electron chi connectivity index (χ2n) is 3.72. The van der Waals surface area contributed by atoms with Crippen LogP contribution in [-0.4, -0.2) is 10.7 Å². The molecule has 0 aliphatic carbocycles. The monoisotopic (exact) mass is 269 g/mol. The van der Waals surface area contributed by atoms with Crippen molar-refractivity contribution in [3.63, 3.8) is 0 Å². The molecule has 0 aliphatic rings. The van der Waals surface area contributed by atoms with Gasteiger partial charge in [0.15, 0.2) is 0 Å². The van der Waals surface area contributed by atoms with E-state index < -0.39 is 11.7 Å². The Bertz CT molecular complexity index is 366. The number of thioether (sulfide) groups is 1. The van der Waals surface area contributed by atoms with Crippen molar-refractivity contribution in [1.29, 1.82) is 0 Å². The van der Waals surface area contributed by atoms with Crippen LogP contribution in [0.1, 0.15) is 19.4 Å². The average molecular weight is 270 g/mol. The van der Waals surface area contributed by atoms with E-state index in [1.807, 2.05) is 13.8 Å². The van der Waals surface area contributed by atoms with Crippen molar-refractivity contribution in [3.05, 3.63) is 22.8 Å². The SMILES string of the molecule is CC(C)CSc1cc(C(F)(F)F)cc(Cl)n1. The highest BCUT2D eigenvalue weighted by Gasteiger charge is 2.31. The number of hydrogen-bond acceptors (Lipinski definition) is 2. The summed E-state index contributed by atoms with van der Waals surface area (Å²) in [6.07, 6.45) is -4.38. The minimum absolute atomic E-state index is 0.124. The van der Waals surface area contributed by atoms with Crippen molar-refractivity contribution in [1.82, 2.24) is 4.98 Å². The first-order valence-electron chi connectivity index (χ1n) is 4.66. The van der Waals surface area contributed by atoms with Crippen LogP contribution in [0, 0.1) is 5.92 Å². The van der Waals surface area contributed by atoms with E-state index in [1.54, 1.807) is 0 Å². The Balaban J connectivity index is 2.90. The maximum absolute atomic E-state index is 12.5. The Morgan fingerprint density at radius 3 is 2.50 bits per heavy atom. The molecule has 0 atom stereocenters. The quantitative estimate of drug-likeness (QED) is 0.592. The number of alkyl halides is 3. The first kappa shape index (κ1) is 13.6. The third-order valence-corrected chi connectivity index (χ3v) is 3.19. The van der Waals surface area contributed by atoms with Gasteiger partial charge in [0.1, 0.15) is 5.15 Å². The highest BCUT2D eigenvalue weighted by atomic mass is 35.5. The van der Waals surface area contributed by atoms with E-state index in [9.17, 15) is 13.2 Å². The molecule has 0 aliphatic heterocycles. The van der Waals surface area contributed by atoms with Gasteiger partial charge in [-0.25, -0.2) is 4.98 Å². The molecule has 0 amide bonds. The predicted octanol–water partition coefficient (Wildman–Crippen LogP) is 4.50. The fourth-order valence-corrected chi connectivity index (χ4v) is 2.10. The molecular formula is C10H11ClF3NS. The summed E-state index contributed by atoms with van der Waals surface area (Å²) < 4.78 is 37.4. The fourth-order valence-electron chi connectivity index (χ4n) is 0.962. The van der Waals surface area contributed by atoms with Gasteiger partial charge in [0.05, 0.1) is 10.6 Å². The molecule has 0 bridgehead atoms. The first-order chi connectivity index (χ1) is 7.29. The maximum Gasteiger partial charge on any atom is 0.416 e. The average Bonchev–Trinajstić information content (AvgIpc) is 2.12. The highest BCUT2D eigenvalue weighted by Crippen LogP contribution is 2.33. The number of hydrogen-bond donors (Lipinski definition) is 0. The second-order valence-corrected chi connectivity index (χ2v) is 5.15. The van der Waals surface area contributed by atoms with Gasteiger partial charge in [-0.2, -0.15) is 13.2 Å². The molecule has 16 heavy (non-hydrogen) atoms. The zero-order chi connectivity index (χ0) is 12.3. The molecule has 1 rings (SSSR count). The van der Waals surface area contributed by atoms with Crippen molar-refractivity contribution in [2.45, 2.75) is 25.0 Å². The Labute approximate surface area is 101 Å². The van der Waals surface area contributed by atoms with Crippen molar-refractivity contribution >= 4 is 23.4 Å². The van der Waals surface area contributed by atoms with Crippen LogP contribution in [0.15, 0.2) is 17.2 Å². The van der Waals surface area contributed by atoms with E-state index in [-0.39, 0.29) is 5.15 Å². The zero-order valence-corrected chi connectivity index (χ0v) is 10.4. The first-order valence-corrected chi connectivity index (χ1v) is 6.03. The van der Waals surface area contributed by atoms with Crippen LogP contribution in [0.5, 0.6) is 0 Å². The van der Waals surface area contributed by atoms with Crippen LogP contribution in [0.3, 0.4) is 0 Å². The van der Waals surface area contributed by atoms with Crippen LogP contribution in [0.2, 0.25) is 5.15 Å². The smallest absolute Gasteiger partial charge is 0.230 e. The van der Waals surface area contributed by atoms with Gasteiger partial charge in [0.2, 0.25) is 0 Å². The maximum atomic E-state index is 12.5. The Morgan fingerprint density at radius 2 is 2.00 bits per heavy atom. The number of nitrogens with zero attached hydrogens (tertiary/aromatic N) is 1. The molecule has 90 valence electrons. The van der Waals surface area contributed by atoms with Gasteiger partial charge in [-0.3, -0.25) is 0 Å². The largest absolute Gasteiger partial charge is 0.416 e. The number of aromatic nitrogens is 1. The number of rotatable bonds is 3. The Morgan fingerprint density at radius 1 is 1.38 bits per heavy atom. The van der Waals surface area contributed by atoms with Crippen molar-refractivity contribution < 1.29 is 13.2 Å². The molecule has 0 saturated carbocycles. The van der Waals surface area contributed by atoms with Gasteiger partial charge in [0.25, 0.3) is 0 Å². The molecule has 1 aromatic heterocycles. The molecule has 0 unspecified atom stereocenters. The summed E-state index contributed by atoms with van der Waals surface area (Å²) in [5, 5.41) is 0.189. The lowest BCUT2D eigenvalue weighted by Crippen LogP contribution is -2.06. The molecule has 0 aromatic carbocycles. The molecule has 6 heteroatoms. The van der Waals surface area contributed by atoms with Gasteiger partial charge in [-0.05, 0) is 18.1 Å². The lowest BCUT2D eigenvalue weighted by Gasteiger charge is -2.09. The fraction of sp³-hybridized carbons (Fsp3) is 0.500. The summed E-state index contributed by atoms with van der Waals surface area (Å²) >= 11 is 6.82. The van der Waals surface area contributed by atoms with Crippen LogP contribution in [0.4, 0.5) is 13.2 Å². The lowest BCUT2D eigenvalue weighted by molar-refractivity contribution is -0.137. The van der Waals surface area contributed by atoms with E-state index in [1.165, 1.54) is 11.8 Å². The summed E-state index contributed by atoms with van der Waals surface area (Å²) in [6, 6.07) is 1.86. The van der Waals surface area contributed by atoms with E-state index in [4.69, 9.17) is 11.6 Å². The molecule has 0 spiro atoms. The lowest BCUT2D eigenvalue weighted by atomic mass is 10.3. The van der Waals surface area contributed by atoms with Gasteiger partial charge >= 0.3 is 6.18 Å². The van der Waals surface area contributed by atoms with E-state index in [0.29, 0.717) is 16.7 Å². The molecule has 0 saturated heterocycles. The van der Waals surface area contributed by atoms with Gasteiger partial charge in [-0.15, -0.1) is 11.8 Å². The van der Waals surface area contributed by atoms with Crippen molar-refractivity contribution in [2.24, 2.45) is 5.92 Å². The van der Waals surface area contributed by atoms with E-state index in [0.717, 1.165) is 12.1 Å². The standard InChI is InChI=1S/C10H11ClF3NS/c1-6(2)5-16-9-4-7(10(12,13)14)3-8(11)15-9/h3-4,6H,5H2,1-2H3. The third kappa shape index (κ3) is 4.22. The van der Waals surface area contributed by atoms with Crippen LogP contribution < -0.4 is 0 Å². The van der Waals surface area contributed by atoms with E-state index in [2.05, 4.69) is 4.98 Å². The Hall–Kier alpha value is -0.420. The topological polar surface area (TPSA) is 12.9 Å². The molecule has 0 fully saturated rings. The summed E-state index contributed by atoms with van der Waals surface area (Å²) in [5.41, 5.74) is -0.751. The van der Waals surface area contributed by atoms with Gasteiger partial charge in [0, 0.05) is 5.75 Å². The normalized spacial score (nSPS) is 12.2. The van der Waals surface area contributed by atoms with Gasteiger partial charge in [-0.1, -0.05) is 25.4 Å². The number of halogens is 4. The van der Waals surface area contributed by atoms with Crippen LogP contribution in [-0.2, 0) is 6.18 Å². The predicted molar refractivity (Wildman–Crippen MR) is 59.8 cm³/mol. The molecular weight excluding hydrogens is 259 g/mol. The summed E-state index contributed by atoms with van der Waals surface area (Å²) in [5.74, 6) is 1.10. The molecule has 0 radical (unpaired) electrons. The highest BCUT2D eigenvalue weighted by molar-refractivity contribution is 7.99. The minimum Gasteiger partial charge on any atom is -0.230 e. The van der Waals surface area contributed by atoms with Gasteiger partial charge < -0.3 is 0 Å². The van der Waals surface area contributed by atoms with Crippen molar-refractivity contribution in [3.8, 4) is 0 Å². The van der Waals surface area contributed by atoms with Crippen molar-refractivity contribution in [2.75, 3.05) is 5.75 Å². The molecule has 1 aromatic rings. The molecule has 1 nitrogen and oxygen atoms in total. The summed E-state index contributed by atoms with van der Waals surface area (Å²) in [7, 11) is 0. The van der Waals surface area contributed by atoms with E-state index >= 15 is 0 Å². The summed E-state index contributed by atoms with van der Waals surface area (Å²) in [6.45, 7) is 3.98. The van der Waals surface area contributed by atoms with Crippen LogP contribution in [0.25, 0.3) is 0 Å².